The molecule has 0 atom stereocenters. The normalized spacial score (nSPS) is 10.3. The molecule has 1 aromatic heterocycles. The van der Waals surface area contributed by atoms with Crippen molar-refractivity contribution in [3.63, 3.8) is 0 Å². The molecule has 0 aliphatic carbocycles. The fourth-order valence-corrected chi connectivity index (χ4v) is 2.12. The molecule has 1 aromatic carbocycles. The zero-order chi connectivity index (χ0) is 15.8. The summed E-state index contributed by atoms with van der Waals surface area (Å²) in [5.74, 6) is 0.623. The maximum absolute atomic E-state index is 11.6. The van der Waals surface area contributed by atoms with Gasteiger partial charge in [-0.2, -0.15) is 0 Å². The van der Waals surface area contributed by atoms with Crippen LogP contribution in [-0.2, 0) is 11.3 Å². The summed E-state index contributed by atoms with van der Waals surface area (Å²) in [6, 6.07) is 12.0. The molecule has 4 nitrogen and oxygen atoms in total. The molecule has 0 saturated heterocycles. The van der Waals surface area contributed by atoms with E-state index in [4.69, 9.17) is 0 Å². The Labute approximate surface area is 132 Å². The number of hydrogen-bond acceptors (Lipinski definition) is 3. The van der Waals surface area contributed by atoms with E-state index in [9.17, 15) is 4.79 Å². The average Bonchev–Trinajstić information content (AvgIpc) is 2.53. The molecule has 0 saturated carbocycles. The van der Waals surface area contributed by atoms with E-state index >= 15 is 0 Å². The van der Waals surface area contributed by atoms with Crippen molar-refractivity contribution >= 4 is 17.4 Å². The van der Waals surface area contributed by atoms with Crippen molar-refractivity contribution in [2.45, 2.75) is 39.7 Å². The van der Waals surface area contributed by atoms with Crippen molar-refractivity contribution in [1.29, 1.82) is 0 Å². The molecule has 2 aromatic rings. The fraction of sp³-hybridized carbons (Fsp3) is 0.333. The minimum atomic E-state index is 0.0231. The number of hydrogen-bond donors (Lipinski definition) is 2. The lowest BCUT2D eigenvalue weighted by atomic mass is 10.1. The molecule has 2 N–H and O–H groups in total. The minimum Gasteiger partial charge on any atom is -0.380 e. The maximum atomic E-state index is 11.6. The van der Waals surface area contributed by atoms with Gasteiger partial charge in [-0.15, -0.1) is 0 Å². The van der Waals surface area contributed by atoms with Gasteiger partial charge in [0, 0.05) is 13.0 Å². The standard InChI is InChI=1S/C18H23N3O/c1-3-4-9-18(22)21-17-11-10-16(13-20-17)19-12-15-8-6-5-7-14(15)2/h5-8,10-11,13,19H,3-4,9,12H2,1-2H3,(H,20,21,22). The molecule has 116 valence electrons. The highest BCUT2D eigenvalue weighted by atomic mass is 16.1. The predicted octanol–water partition coefficient (Wildman–Crippen LogP) is 4.13. The highest BCUT2D eigenvalue weighted by molar-refractivity contribution is 5.89. The van der Waals surface area contributed by atoms with Crippen LogP contribution in [0.25, 0.3) is 0 Å². The van der Waals surface area contributed by atoms with Crippen molar-refractivity contribution in [2.75, 3.05) is 10.6 Å². The number of aryl methyl sites for hydroxylation is 1. The molecule has 2 rings (SSSR count). The van der Waals surface area contributed by atoms with Gasteiger partial charge in [0.05, 0.1) is 11.9 Å². The first-order valence-corrected chi connectivity index (χ1v) is 7.73. The van der Waals surface area contributed by atoms with E-state index in [0.29, 0.717) is 12.2 Å². The SMILES string of the molecule is CCCCC(=O)Nc1ccc(NCc2ccccc2C)cn1. The number of nitrogens with zero attached hydrogens (tertiary/aromatic N) is 1. The van der Waals surface area contributed by atoms with E-state index in [1.165, 1.54) is 11.1 Å². The summed E-state index contributed by atoms with van der Waals surface area (Å²) in [6.07, 6.45) is 4.21. The lowest BCUT2D eigenvalue weighted by Gasteiger charge is -2.09. The van der Waals surface area contributed by atoms with E-state index in [1.807, 2.05) is 24.3 Å². The van der Waals surface area contributed by atoms with Gasteiger partial charge in [-0.05, 0) is 36.6 Å². The van der Waals surface area contributed by atoms with Gasteiger partial charge in [0.15, 0.2) is 0 Å². The highest BCUT2D eigenvalue weighted by Gasteiger charge is 2.03. The number of amides is 1. The van der Waals surface area contributed by atoms with Crippen LogP contribution < -0.4 is 10.6 Å². The number of aromatic nitrogens is 1. The van der Waals surface area contributed by atoms with Gasteiger partial charge < -0.3 is 10.6 Å². The molecule has 0 radical (unpaired) electrons. The summed E-state index contributed by atoms with van der Waals surface area (Å²) in [5, 5.41) is 6.15. The summed E-state index contributed by atoms with van der Waals surface area (Å²) >= 11 is 0. The molecule has 0 aliphatic heterocycles. The van der Waals surface area contributed by atoms with Gasteiger partial charge in [0.1, 0.15) is 5.82 Å². The molecule has 0 bridgehead atoms. The van der Waals surface area contributed by atoms with Crippen molar-refractivity contribution in [1.82, 2.24) is 4.98 Å². The van der Waals surface area contributed by atoms with Gasteiger partial charge in [0.2, 0.25) is 5.91 Å². The van der Waals surface area contributed by atoms with E-state index in [0.717, 1.165) is 25.1 Å². The third-order valence-corrected chi connectivity index (χ3v) is 3.53. The molecule has 1 amide bonds. The van der Waals surface area contributed by atoms with E-state index in [-0.39, 0.29) is 5.91 Å². The van der Waals surface area contributed by atoms with Gasteiger partial charge in [-0.1, -0.05) is 37.6 Å². The number of pyridine rings is 1. The second-order valence-electron chi connectivity index (χ2n) is 5.36. The van der Waals surface area contributed by atoms with Gasteiger partial charge in [0.25, 0.3) is 0 Å². The predicted molar refractivity (Wildman–Crippen MR) is 90.9 cm³/mol. The number of anilines is 2. The van der Waals surface area contributed by atoms with E-state index in [2.05, 4.69) is 41.6 Å². The molecule has 22 heavy (non-hydrogen) atoms. The number of rotatable bonds is 7. The van der Waals surface area contributed by atoms with Crippen molar-refractivity contribution < 1.29 is 4.79 Å². The van der Waals surface area contributed by atoms with Crippen LogP contribution in [0.1, 0.15) is 37.3 Å². The minimum absolute atomic E-state index is 0.0231. The number of carbonyl (C=O) groups is 1. The van der Waals surface area contributed by atoms with E-state index < -0.39 is 0 Å². The first-order chi connectivity index (χ1) is 10.7. The Morgan fingerprint density at radius 2 is 2.00 bits per heavy atom. The fourth-order valence-electron chi connectivity index (χ4n) is 2.12. The summed E-state index contributed by atoms with van der Waals surface area (Å²) < 4.78 is 0. The number of unbranched alkanes of at least 4 members (excludes halogenated alkanes) is 1. The molecule has 0 fully saturated rings. The Morgan fingerprint density at radius 3 is 2.68 bits per heavy atom. The van der Waals surface area contributed by atoms with Crippen molar-refractivity contribution in [2.24, 2.45) is 0 Å². The zero-order valence-corrected chi connectivity index (χ0v) is 13.2. The number of carbonyl (C=O) groups excluding carboxylic acids is 1. The van der Waals surface area contributed by atoms with Crippen LogP contribution in [0.5, 0.6) is 0 Å². The quantitative estimate of drug-likeness (QED) is 0.808. The van der Waals surface area contributed by atoms with Crippen LogP contribution in [0.4, 0.5) is 11.5 Å². The number of benzene rings is 1. The van der Waals surface area contributed by atoms with Gasteiger partial charge >= 0.3 is 0 Å². The van der Waals surface area contributed by atoms with Crippen LogP contribution in [0.3, 0.4) is 0 Å². The monoisotopic (exact) mass is 297 g/mol. The largest absolute Gasteiger partial charge is 0.380 e. The first-order valence-electron chi connectivity index (χ1n) is 7.73. The molecular formula is C18H23N3O. The first kappa shape index (κ1) is 16.0. The Kier molecular flexibility index (Phi) is 5.95. The Balaban J connectivity index is 1.87. The third kappa shape index (κ3) is 4.88. The lowest BCUT2D eigenvalue weighted by molar-refractivity contribution is -0.116. The molecular weight excluding hydrogens is 274 g/mol. The Hall–Kier alpha value is -2.36. The summed E-state index contributed by atoms with van der Waals surface area (Å²) in [7, 11) is 0. The Bertz CT molecular complexity index is 608. The molecule has 0 spiro atoms. The molecule has 4 heteroatoms. The topological polar surface area (TPSA) is 54.0 Å². The van der Waals surface area contributed by atoms with E-state index in [1.54, 1.807) is 6.20 Å². The van der Waals surface area contributed by atoms with Crippen LogP contribution in [0.15, 0.2) is 42.6 Å². The smallest absolute Gasteiger partial charge is 0.225 e. The maximum Gasteiger partial charge on any atom is 0.225 e. The van der Waals surface area contributed by atoms with Gasteiger partial charge in [-0.25, -0.2) is 4.98 Å². The van der Waals surface area contributed by atoms with Crippen LogP contribution >= 0.6 is 0 Å². The second-order valence-corrected chi connectivity index (χ2v) is 5.36. The molecule has 0 aliphatic rings. The lowest BCUT2D eigenvalue weighted by Crippen LogP contribution is -2.12. The van der Waals surface area contributed by atoms with Crippen molar-refractivity contribution in [3.05, 3.63) is 53.7 Å². The molecule has 0 unspecified atom stereocenters. The summed E-state index contributed by atoms with van der Waals surface area (Å²) in [4.78, 5) is 15.9. The Morgan fingerprint density at radius 1 is 1.18 bits per heavy atom. The summed E-state index contributed by atoms with van der Waals surface area (Å²) in [5.41, 5.74) is 3.47. The average molecular weight is 297 g/mol. The summed E-state index contributed by atoms with van der Waals surface area (Å²) in [6.45, 7) is 4.93. The molecule has 1 heterocycles. The second kappa shape index (κ2) is 8.17. The highest BCUT2D eigenvalue weighted by Crippen LogP contribution is 2.13. The zero-order valence-electron chi connectivity index (χ0n) is 13.2. The third-order valence-electron chi connectivity index (χ3n) is 3.53. The van der Waals surface area contributed by atoms with Crippen LogP contribution in [0.2, 0.25) is 0 Å². The number of nitrogens with one attached hydrogen (secondary N) is 2. The van der Waals surface area contributed by atoms with Gasteiger partial charge in [-0.3, -0.25) is 4.79 Å². The van der Waals surface area contributed by atoms with Crippen LogP contribution in [0, 0.1) is 6.92 Å². The van der Waals surface area contributed by atoms with Crippen LogP contribution in [-0.4, -0.2) is 10.9 Å². The van der Waals surface area contributed by atoms with Crippen molar-refractivity contribution in [3.8, 4) is 0 Å².